The number of nitrogens with one attached hydrogen (secondary N) is 1. The van der Waals surface area contributed by atoms with Crippen molar-refractivity contribution in [3.63, 3.8) is 0 Å². The number of rotatable bonds is 5. The monoisotopic (exact) mass is 315 g/mol. The number of nitrogens with zero attached hydrogens (tertiary/aromatic N) is 2. The molecule has 0 bridgehead atoms. The van der Waals surface area contributed by atoms with Crippen LogP contribution in [0.4, 0.5) is 5.82 Å². The zero-order valence-corrected chi connectivity index (χ0v) is 13.1. The van der Waals surface area contributed by atoms with E-state index in [0.29, 0.717) is 5.15 Å². The second-order valence-corrected chi connectivity index (χ2v) is 6.38. The summed E-state index contributed by atoms with van der Waals surface area (Å²) >= 11 is 13.5. The van der Waals surface area contributed by atoms with Crippen molar-refractivity contribution >= 4 is 40.4 Å². The van der Waals surface area contributed by atoms with Crippen LogP contribution in [0.15, 0.2) is 18.2 Å². The Morgan fingerprint density at radius 1 is 1.32 bits per heavy atom. The summed E-state index contributed by atoms with van der Waals surface area (Å²) in [5, 5.41) is 3.80. The SMILES string of the molecule is CCCc1nc(Cl)cc(NC(C)c2ccc(Cl)s2)n1. The molecule has 0 spiro atoms. The van der Waals surface area contributed by atoms with Crippen molar-refractivity contribution in [1.29, 1.82) is 0 Å². The van der Waals surface area contributed by atoms with E-state index in [1.807, 2.05) is 12.1 Å². The lowest BCUT2D eigenvalue weighted by Crippen LogP contribution is -2.08. The van der Waals surface area contributed by atoms with Gasteiger partial charge in [0.1, 0.15) is 16.8 Å². The van der Waals surface area contributed by atoms with Crippen LogP contribution in [-0.2, 0) is 6.42 Å². The van der Waals surface area contributed by atoms with E-state index in [0.717, 1.165) is 33.7 Å². The van der Waals surface area contributed by atoms with E-state index < -0.39 is 0 Å². The molecule has 0 fully saturated rings. The van der Waals surface area contributed by atoms with Gasteiger partial charge in [0.05, 0.1) is 10.4 Å². The molecule has 2 aromatic heterocycles. The number of aryl methyl sites for hydroxylation is 1. The van der Waals surface area contributed by atoms with Gasteiger partial charge in [-0.15, -0.1) is 11.3 Å². The normalized spacial score (nSPS) is 12.4. The molecule has 0 saturated carbocycles. The summed E-state index contributed by atoms with van der Waals surface area (Å²) < 4.78 is 0.788. The Morgan fingerprint density at radius 3 is 2.74 bits per heavy atom. The minimum atomic E-state index is 0.137. The molecule has 0 saturated heterocycles. The summed E-state index contributed by atoms with van der Waals surface area (Å²) in [6.07, 6.45) is 1.82. The smallest absolute Gasteiger partial charge is 0.134 e. The van der Waals surface area contributed by atoms with Crippen molar-refractivity contribution in [1.82, 2.24) is 9.97 Å². The van der Waals surface area contributed by atoms with Crippen molar-refractivity contribution in [2.45, 2.75) is 32.7 Å². The van der Waals surface area contributed by atoms with Gasteiger partial charge >= 0.3 is 0 Å². The molecule has 0 radical (unpaired) electrons. The van der Waals surface area contributed by atoms with Gasteiger partial charge in [-0.25, -0.2) is 9.97 Å². The maximum absolute atomic E-state index is 6.01. The number of aromatic nitrogens is 2. The van der Waals surface area contributed by atoms with Crippen molar-refractivity contribution in [3.8, 4) is 0 Å². The fourth-order valence-corrected chi connectivity index (χ4v) is 2.99. The van der Waals surface area contributed by atoms with Crippen molar-refractivity contribution in [2.24, 2.45) is 0 Å². The first-order valence-corrected chi connectivity index (χ1v) is 7.71. The molecule has 0 aliphatic heterocycles. The number of halogens is 2. The van der Waals surface area contributed by atoms with Gasteiger partial charge in [0.25, 0.3) is 0 Å². The Bertz CT molecular complexity index is 557. The Morgan fingerprint density at radius 2 is 2.11 bits per heavy atom. The second kappa shape index (κ2) is 6.55. The van der Waals surface area contributed by atoms with Crippen LogP contribution >= 0.6 is 34.5 Å². The van der Waals surface area contributed by atoms with E-state index in [1.165, 1.54) is 0 Å². The molecule has 2 rings (SSSR count). The highest BCUT2D eigenvalue weighted by molar-refractivity contribution is 7.16. The van der Waals surface area contributed by atoms with Gasteiger partial charge in [-0.2, -0.15) is 0 Å². The summed E-state index contributed by atoms with van der Waals surface area (Å²) in [5.74, 6) is 1.52. The zero-order valence-electron chi connectivity index (χ0n) is 10.8. The highest BCUT2D eigenvalue weighted by atomic mass is 35.5. The largest absolute Gasteiger partial charge is 0.363 e. The summed E-state index contributed by atoms with van der Waals surface area (Å²) in [7, 11) is 0. The van der Waals surface area contributed by atoms with Crippen LogP contribution in [0.3, 0.4) is 0 Å². The lowest BCUT2D eigenvalue weighted by Gasteiger charge is -2.13. The average molecular weight is 316 g/mol. The highest BCUT2D eigenvalue weighted by Gasteiger charge is 2.10. The number of hydrogen-bond donors (Lipinski definition) is 1. The molecule has 0 aliphatic rings. The van der Waals surface area contributed by atoms with Crippen molar-refractivity contribution in [3.05, 3.63) is 38.4 Å². The molecule has 2 heterocycles. The first-order valence-electron chi connectivity index (χ1n) is 6.13. The van der Waals surface area contributed by atoms with Gasteiger partial charge in [-0.1, -0.05) is 30.1 Å². The summed E-state index contributed by atoms with van der Waals surface area (Å²) in [6.45, 7) is 4.16. The highest BCUT2D eigenvalue weighted by Crippen LogP contribution is 2.28. The van der Waals surface area contributed by atoms with Gasteiger partial charge < -0.3 is 5.32 Å². The van der Waals surface area contributed by atoms with Gasteiger partial charge in [0.2, 0.25) is 0 Å². The van der Waals surface area contributed by atoms with Crippen molar-refractivity contribution in [2.75, 3.05) is 5.32 Å². The van der Waals surface area contributed by atoms with Crippen molar-refractivity contribution < 1.29 is 0 Å². The van der Waals surface area contributed by atoms with Crippen LogP contribution in [0, 0.1) is 0 Å². The first kappa shape index (κ1) is 14.6. The minimum Gasteiger partial charge on any atom is -0.363 e. The average Bonchev–Trinajstić information content (AvgIpc) is 2.75. The maximum Gasteiger partial charge on any atom is 0.134 e. The molecule has 19 heavy (non-hydrogen) atoms. The molecule has 0 amide bonds. The summed E-state index contributed by atoms with van der Waals surface area (Å²) in [6, 6.07) is 5.79. The first-order chi connectivity index (χ1) is 9.08. The van der Waals surface area contributed by atoms with Crippen LogP contribution in [0.25, 0.3) is 0 Å². The molecular formula is C13H15Cl2N3S. The second-order valence-electron chi connectivity index (χ2n) is 4.25. The lowest BCUT2D eigenvalue weighted by atomic mass is 10.2. The minimum absolute atomic E-state index is 0.137. The van der Waals surface area contributed by atoms with Gasteiger partial charge in [-0.3, -0.25) is 0 Å². The van der Waals surface area contributed by atoms with Crippen LogP contribution in [0.1, 0.15) is 37.0 Å². The Balaban J connectivity index is 2.14. The van der Waals surface area contributed by atoms with Crippen LogP contribution < -0.4 is 5.32 Å². The van der Waals surface area contributed by atoms with Crippen LogP contribution in [0.5, 0.6) is 0 Å². The molecule has 1 atom stereocenters. The summed E-state index contributed by atoms with van der Waals surface area (Å²) in [4.78, 5) is 9.83. The van der Waals surface area contributed by atoms with Crippen LogP contribution in [0.2, 0.25) is 9.49 Å². The number of thiophene rings is 1. The van der Waals surface area contributed by atoms with E-state index in [2.05, 4.69) is 29.1 Å². The zero-order chi connectivity index (χ0) is 13.8. The molecule has 102 valence electrons. The third-order valence-electron chi connectivity index (χ3n) is 2.60. The van der Waals surface area contributed by atoms with E-state index >= 15 is 0 Å². The van der Waals surface area contributed by atoms with E-state index in [1.54, 1.807) is 17.4 Å². The molecule has 6 heteroatoms. The molecular weight excluding hydrogens is 301 g/mol. The lowest BCUT2D eigenvalue weighted by molar-refractivity contribution is 0.823. The predicted octanol–water partition coefficient (Wildman–Crippen LogP) is 4.97. The molecule has 3 nitrogen and oxygen atoms in total. The number of hydrogen-bond acceptors (Lipinski definition) is 4. The van der Waals surface area contributed by atoms with Gasteiger partial charge in [0, 0.05) is 17.4 Å². The fraction of sp³-hybridized carbons (Fsp3) is 0.385. The predicted molar refractivity (Wildman–Crippen MR) is 82.4 cm³/mol. The Hall–Kier alpha value is -0.840. The molecule has 2 aromatic rings. The third-order valence-corrected chi connectivity index (χ3v) is 4.21. The molecule has 1 unspecified atom stereocenters. The standard InChI is InChI=1S/C13H15Cl2N3S/c1-3-4-12-17-10(14)7-13(18-12)16-8(2)9-5-6-11(15)19-9/h5-8H,3-4H2,1-2H3,(H,16,17,18). The molecule has 1 N–H and O–H groups in total. The third kappa shape index (κ3) is 4.06. The molecule has 0 aromatic carbocycles. The quantitative estimate of drug-likeness (QED) is 0.791. The van der Waals surface area contributed by atoms with E-state index in [9.17, 15) is 0 Å². The topological polar surface area (TPSA) is 37.8 Å². The van der Waals surface area contributed by atoms with Crippen LogP contribution in [-0.4, -0.2) is 9.97 Å². The Kier molecular flexibility index (Phi) is 5.02. The molecule has 0 aliphatic carbocycles. The fourth-order valence-electron chi connectivity index (χ4n) is 1.73. The van der Waals surface area contributed by atoms with E-state index in [4.69, 9.17) is 23.2 Å². The Labute approximate surface area is 127 Å². The van der Waals surface area contributed by atoms with Gasteiger partial charge in [0.15, 0.2) is 0 Å². The maximum atomic E-state index is 6.01. The summed E-state index contributed by atoms with van der Waals surface area (Å²) in [5.41, 5.74) is 0. The van der Waals surface area contributed by atoms with E-state index in [-0.39, 0.29) is 6.04 Å². The number of anilines is 1. The van der Waals surface area contributed by atoms with Gasteiger partial charge in [-0.05, 0) is 25.5 Å².